The Labute approximate surface area is 117 Å². The fourth-order valence-corrected chi connectivity index (χ4v) is 2.81. The summed E-state index contributed by atoms with van der Waals surface area (Å²) in [6.45, 7) is 10.4. The van der Waals surface area contributed by atoms with Crippen LogP contribution in [0.5, 0.6) is 0 Å². The third kappa shape index (κ3) is 4.59. The van der Waals surface area contributed by atoms with E-state index in [0.717, 1.165) is 13.1 Å². The van der Waals surface area contributed by atoms with Gasteiger partial charge in [-0.1, -0.05) is 13.8 Å². The Kier molecular flexibility index (Phi) is 5.80. The molecule has 0 unspecified atom stereocenters. The summed E-state index contributed by atoms with van der Waals surface area (Å²) in [7, 11) is 0. The lowest BCUT2D eigenvalue weighted by Crippen LogP contribution is -2.25. The van der Waals surface area contributed by atoms with Gasteiger partial charge in [0.05, 0.1) is 0 Å². The van der Waals surface area contributed by atoms with Gasteiger partial charge in [0.15, 0.2) is 0 Å². The molecule has 1 aliphatic heterocycles. The molecule has 1 aromatic rings. The topological polar surface area (TPSA) is 28.2 Å². The van der Waals surface area contributed by atoms with Gasteiger partial charge in [-0.25, -0.2) is 0 Å². The molecule has 0 bridgehead atoms. The lowest BCUT2D eigenvalue weighted by molar-refractivity contribution is 0.331. The van der Waals surface area contributed by atoms with Crippen LogP contribution in [0.15, 0.2) is 18.5 Å². The zero-order valence-electron chi connectivity index (χ0n) is 12.4. The second-order valence-corrected chi connectivity index (χ2v) is 5.81. The summed E-state index contributed by atoms with van der Waals surface area (Å²) in [5.41, 5.74) is 2.76. The fourth-order valence-electron chi connectivity index (χ4n) is 2.81. The second kappa shape index (κ2) is 7.61. The summed E-state index contributed by atoms with van der Waals surface area (Å²) in [6, 6.07) is 2.14. The highest BCUT2D eigenvalue weighted by Gasteiger charge is 2.10. The van der Waals surface area contributed by atoms with E-state index in [2.05, 4.69) is 35.1 Å². The number of nitrogens with zero attached hydrogens (tertiary/aromatic N) is 2. The van der Waals surface area contributed by atoms with Crippen LogP contribution in [0, 0.1) is 0 Å². The van der Waals surface area contributed by atoms with Gasteiger partial charge < -0.3 is 10.2 Å². The van der Waals surface area contributed by atoms with Crippen molar-refractivity contribution in [2.75, 3.05) is 26.2 Å². The molecule has 1 saturated heterocycles. The molecule has 0 aromatic carbocycles. The summed E-state index contributed by atoms with van der Waals surface area (Å²) >= 11 is 0. The minimum atomic E-state index is 0.574. The quantitative estimate of drug-likeness (QED) is 0.765. The van der Waals surface area contributed by atoms with Gasteiger partial charge in [-0.2, -0.15) is 0 Å². The lowest BCUT2D eigenvalue weighted by Gasteiger charge is -2.15. The zero-order valence-corrected chi connectivity index (χ0v) is 12.4. The smallest absolute Gasteiger partial charge is 0.0315 e. The van der Waals surface area contributed by atoms with Gasteiger partial charge in [0.1, 0.15) is 0 Å². The largest absolute Gasteiger partial charge is 0.313 e. The monoisotopic (exact) mass is 261 g/mol. The average molecular weight is 261 g/mol. The van der Waals surface area contributed by atoms with Gasteiger partial charge in [-0.05, 0) is 68.6 Å². The summed E-state index contributed by atoms with van der Waals surface area (Å²) < 4.78 is 0. The maximum Gasteiger partial charge on any atom is 0.0315 e. The van der Waals surface area contributed by atoms with E-state index in [1.807, 2.05) is 12.4 Å². The molecule has 0 amide bonds. The Bertz CT molecular complexity index is 370. The number of hydrogen-bond donors (Lipinski definition) is 1. The maximum atomic E-state index is 4.24. The number of aromatic nitrogens is 1. The van der Waals surface area contributed by atoms with Crippen molar-refractivity contribution in [1.82, 2.24) is 15.2 Å². The molecular weight excluding hydrogens is 234 g/mol. The van der Waals surface area contributed by atoms with Gasteiger partial charge >= 0.3 is 0 Å². The van der Waals surface area contributed by atoms with E-state index < -0.39 is 0 Å². The van der Waals surface area contributed by atoms with Crippen LogP contribution in [-0.2, 0) is 6.54 Å². The predicted octanol–water partition coefficient (Wildman–Crippen LogP) is 2.78. The van der Waals surface area contributed by atoms with Crippen LogP contribution >= 0.6 is 0 Å². The Morgan fingerprint density at radius 1 is 1.32 bits per heavy atom. The average Bonchev–Trinajstić information content (AvgIpc) is 2.92. The first-order valence-corrected chi connectivity index (χ1v) is 7.63. The maximum absolute atomic E-state index is 4.24. The highest BCUT2D eigenvalue weighted by atomic mass is 15.1. The van der Waals surface area contributed by atoms with Crippen LogP contribution < -0.4 is 5.32 Å². The summed E-state index contributed by atoms with van der Waals surface area (Å²) in [6.07, 6.45) is 7.92. The molecule has 19 heavy (non-hydrogen) atoms. The highest BCUT2D eigenvalue weighted by Crippen LogP contribution is 2.17. The van der Waals surface area contributed by atoms with E-state index in [1.165, 1.54) is 50.0 Å². The van der Waals surface area contributed by atoms with Crippen molar-refractivity contribution in [3.05, 3.63) is 29.6 Å². The number of likely N-dealkylation sites (tertiary alicyclic amines) is 1. The number of nitrogens with one attached hydrogen (secondary N) is 1. The number of hydrogen-bond acceptors (Lipinski definition) is 3. The molecule has 0 atom stereocenters. The minimum absolute atomic E-state index is 0.574. The van der Waals surface area contributed by atoms with Crippen molar-refractivity contribution in [3.8, 4) is 0 Å². The molecule has 0 spiro atoms. The third-order valence-electron chi connectivity index (χ3n) is 3.91. The minimum Gasteiger partial charge on any atom is -0.313 e. The van der Waals surface area contributed by atoms with Crippen LogP contribution in [0.3, 0.4) is 0 Å². The first-order chi connectivity index (χ1) is 9.27. The van der Waals surface area contributed by atoms with Crippen LogP contribution in [0.4, 0.5) is 0 Å². The zero-order chi connectivity index (χ0) is 13.5. The van der Waals surface area contributed by atoms with Crippen molar-refractivity contribution >= 4 is 0 Å². The normalized spacial score (nSPS) is 16.4. The van der Waals surface area contributed by atoms with Crippen LogP contribution in [0.25, 0.3) is 0 Å². The van der Waals surface area contributed by atoms with Gasteiger partial charge in [0.2, 0.25) is 0 Å². The van der Waals surface area contributed by atoms with E-state index in [1.54, 1.807) is 0 Å². The molecule has 2 heterocycles. The standard InChI is InChI=1S/C16H27N3/c1-14(2)16-6-8-18-13-15(16)12-17-7-5-11-19-9-3-4-10-19/h6,8,13-14,17H,3-5,7,9-12H2,1-2H3. The molecule has 3 nitrogen and oxygen atoms in total. The lowest BCUT2D eigenvalue weighted by atomic mass is 9.99. The van der Waals surface area contributed by atoms with E-state index in [4.69, 9.17) is 0 Å². The van der Waals surface area contributed by atoms with Crippen molar-refractivity contribution in [1.29, 1.82) is 0 Å². The molecule has 2 rings (SSSR count). The number of pyridine rings is 1. The first-order valence-electron chi connectivity index (χ1n) is 7.63. The van der Waals surface area contributed by atoms with E-state index >= 15 is 0 Å². The van der Waals surface area contributed by atoms with Gasteiger partial charge in [0, 0.05) is 18.9 Å². The number of rotatable bonds is 7. The van der Waals surface area contributed by atoms with E-state index in [-0.39, 0.29) is 0 Å². The van der Waals surface area contributed by atoms with Crippen LogP contribution in [-0.4, -0.2) is 36.1 Å². The molecular formula is C16H27N3. The van der Waals surface area contributed by atoms with Crippen molar-refractivity contribution in [2.45, 2.75) is 45.6 Å². The fraction of sp³-hybridized carbons (Fsp3) is 0.688. The molecule has 1 fully saturated rings. The first kappa shape index (κ1) is 14.5. The second-order valence-electron chi connectivity index (χ2n) is 5.81. The molecule has 0 saturated carbocycles. The Morgan fingerprint density at radius 3 is 2.84 bits per heavy atom. The summed E-state index contributed by atoms with van der Waals surface area (Å²) in [5, 5.41) is 3.55. The van der Waals surface area contributed by atoms with Crippen LogP contribution in [0.1, 0.15) is 50.2 Å². The molecule has 0 radical (unpaired) electrons. The van der Waals surface area contributed by atoms with Gasteiger partial charge in [-0.15, -0.1) is 0 Å². The van der Waals surface area contributed by atoms with Gasteiger partial charge in [0.25, 0.3) is 0 Å². The Hall–Kier alpha value is -0.930. The SMILES string of the molecule is CC(C)c1ccncc1CNCCCN1CCCC1. The molecule has 1 N–H and O–H groups in total. The third-order valence-corrected chi connectivity index (χ3v) is 3.91. The van der Waals surface area contributed by atoms with Gasteiger partial charge in [-0.3, -0.25) is 4.98 Å². The summed E-state index contributed by atoms with van der Waals surface area (Å²) in [4.78, 5) is 6.82. The molecule has 1 aromatic heterocycles. The molecule has 1 aliphatic rings. The van der Waals surface area contributed by atoms with Crippen molar-refractivity contribution in [3.63, 3.8) is 0 Å². The van der Waals surface area contributed by atoms with E-state index in [9.17, 15) is 0 Å². The molecule has 106 valence electrons. The highest BCUT2D eigenvalue weighted by molar-refractivity contribution is 5.26. The van der Waals surface area contributed by atoms with E-state index in [0.29, 0.717) is 5.92 Å². The molecule has 0 aliphatic carbocycles. The van der Waals surface area contributed by atoms with Crippen molar-refractivity contribution in [2.24, 2.45) is 0 Å². The Balaban J connectivity index is 1.67. The summed E-state index contributed by atoms with van der Waals surface area (Å²) in [5.74, 6) is 0.574. The molecule has 3 heteroatoms. The van der Waals surface area contributed by atoms with Crippen molar-refractivity contribution < 1.29 is 0 Å². The predicted molar refractivity (Wildman–Crippen MR) is 80.3 cm³/mol. The Morgan fingerprint density at radius 2 is 2.11 bits per heavy atom. The van der Waals surface area contributed by atoms with Crippen LogP contribution in [0.2, 0.25) is 0 Å².